The molecule has 0 aromatic carbocycles. The van der Waals surface area contributed by atoms with Crippen molar-refractivity contribution in [3.63, 3.8) is 0 Å². The molecule has 2 amide bonds. The summed E-state index contributed by atoms with van der Waals surface area (Å²) in [6.45, 7) is -1.27. The first-order valence-corrected chi connectivity index (χ1v) is 8.15. The molecule has 0 radical (unpaired) electrons. The molecule has 2 bridgehead atoms. The van der Waals surface area contributed by atoms with Crippen LogP contribution >= 0.6 is 0 Å². The summed E-state index contributed by atoms with van der Waals surface area (Å²) in [5, 5.41) is 17.7. The zero-order valence-electron chi connectivity index (χ0n) is 14.3. The van der Waals surface area contributed by atoms with E-state index in [1.54, 1.807) is 19.1 Å². The summed E-state index contributed by atoms with van der Waals surface area (Å²) in [6, 6.07) is 2.31. The average Bonchev–Trinajstić information content (AvgIpc) is 3.03. The van der Waals surface area contributed by atoms with E-state index in [1.807, 2.05) is 0 Å². The molecule has 1 aliphatic heterocycles. The molecule has 27 heavy (non-hydrogen) atoms. The van der Waals surface area contributed by atoms with E-state index >= 15 is 0 Å². The largest absolute Gasteiger partial charge is 0.465 e. The highest BCUT2D eigenvalue weighted by Crippen LogP contribution is 2.33. The van der Waals surface area contributed by atoms with Gasteiger partial charge in [0.1, 0.15) is 0 Å². The molecule has 8 nitrogen and oxygen atoms in total. The van der Waals surface area contributed by atoms with Gasteiger partial charge < -0.3 is 15.7 Å². The quantitative estimate of drug-likeness (QED) is 0.697. The highest BCUT2D eigenvalue weighted by molar-refractivity contribution is 5.96. The van der Waals surface area contributed by atoms with Crippen molar-refractivity contribution in [3.05, 3.63) is 42.4 Å². The van der Waals surface area contributed by atoms with Crippen LogP contribution in [-0.2, 0) is 4.79 Å². The van der Waals surface area contributed by atoms with Crippen LogP contribution in [-0.4, -0.2) is 31.9 Å². The van der Waals surface area contributed by atoms with Crippen LogP contribution < -0.4 is 10.6 Å². The molecule has 3 rings (SSSR count). The van der Waals surface area contributed by atoms with Gasteiger partial charge in [0.05, 0.1) is 35.2 Å². The summed E-state index contributed by atoms with van der Waals surface area (Å²) >= 11 is 0. The number of carbonyl (C=O) groups is 2. The lowest BCUT2D eigenvalue weighted by Gasteiger charge is -2.18. The van der Waals surface area contributed by atoms with Crippen molar-refractivity contribution in [2.45, 2.75) is 25.9 Å². The van der Waals surface area contributed by atoms with Crippen LogP contribution in [0.15, 0.2) is 36.7 Å². The topological polar surface area (TPSA) is 109 Å². The predicted octanol–water partition coefficient (Wildman–Crippen LogP) is 3.18. The molecule has 0 saturated heterocycles. The van der Waals surface area contributed by atoms with Crippen LogP contribution in [0.4, 0.5) is 19.3 Å². The Bertz CT molecular complexity index is 896. The predicted molar refractivity (Wildman–Crippen MR) is 92.2 cm³/mol. The van der Waals surface area contributed by atoms with Crippen molar-refractivity contribution in [3.8, 4) is 11.3 Å². The smallest absolute Gasteiger partial charge is 0.405 e. The number of hydrogen-bond acceptors (Lipinski definition) is 4. The molecule has 0 saturated carbocycles. The number of aromatic nitrogens is 3. The highest BCUT2D eigenvalue weighted by atomic mass is 19.3. The number of nitrogens with one attached hydrogen (secondary N) is 2. The van der Waals surface area contributed by atoms with Gasteiger partial charge in [-0.1, -0.05) is 19.1 Å². The number of halogens is 2. The third-order valence-electron chi connectivity index (χ3n) is 4.16. The first-order valence-electron chi connectivity index (χ1n) is 8.15. The zero-order valence-corrected chi connectivity index (χ0v) is 14.3. The zero-order chi connectivity index (χ0) is 19.6. The van der Waals surface area contributed by atoms with Gasteiger partial charge in [-0.2, -0.15) is 13.9 Å². The van der Waals surface area contributed by atoms with E-state index in [0.717, 1.165) is 6.20 Å². The Morgan fingerprint density at radius 3 is 2.96 bits per heavy atom. The molecule has 2 aromatic rings. The number of anilines is 1. The van der Waals surface area contributed by atoms with Crippen molar-refractivity contribution in [1.29, 1.82) is 0 Å². The van der Waals surface area contributed by atoms with Crippen LogP contribution in [0.1, 0.15) is 31.6 Å². The van der Waals surface area contributed by atoms with Crippen molar-refractivity contribution in [1.82, 2.24) is 20.1 Å². The number of fused-ring (bicyclic) bond motifs is 4. The number of carboxylic acid groups (broad SMARTS) is 1. The molecule has 0 aliphatic carbocycles. The molecule has 3 N–H and O–H groups in total. The molecule has 2 atom stereocenters. The summed E-state index contributed by atoms with van der Waals surface area (Å²) in [6.07, 6.45) is 4.87. The van der Waals surface area contributed by atoms with Gasteiger partial charge in [-0.3, -0.25) is 9.78 Å². The number of alkyl halides is 2. The molecule has 0 unspecified atom stereocenters. The van der Waals surface area contributed by atoms with E-state index in [0.29, 0.717) is 15.9 Å². The van der Waals surface area contributed by atoms with Gasteiger partial charge in [0.25, 0.3) is 0 Å². The van der Waals surface area contributed by atoms with Crippen molar-refractivity contribution in [2.24, 2.45) is 5.92 Å². The van der Waals surface area contributed by atoms with Gasteiger partial charge in [0.15, 0.2) is 0 Å². The van der Waals surface area contributed by atoms with Crippen LogP contribution in [0, 0.1) is 5.92 Å². The summed E-state index contributed by atoms with van der Waals surface area (Å²) in [7, 11) is 0. The standard InChI is InChI=1S/C17H17F2N5O3/c1-9-3-2-4-11(23-17(26)27)12-7-10(5-6-20-12)14-13(22-15(9)25)8-21-24(14)16(18)19/h2-3,5-9,11,16,23H,4H2,1H3,(H,22,25)(H,26,27)/t9-,11+/m0/s1. The second-order valence-corrected chi connectivity index (χ2v) is 6.04. The summed E-state index contributed by atoms with van der Waals surface area (Å²) in [5.74, 6) is -0.942. The Hall–Kier alpha value is -3.30. The summed E-state index contributed by atoms with van der Waals surface area (Å²) in [4.78, 5) is 27.6. The minimum atomic E-state index is -2.92. The fourth-order valence-electron chi connectivity index (χ4n) is 2.83. The Labute approximate surface area is 152 Å². The SMILES string of the molecule is C[C@H]1C=CC[C@@H](NC(=O)O)c2cc(ccn2)-c2c(cnn2C(F)F)NC1=O. The van der Waals surface area contributed by atoms with E-state index in [4.69, 9.17) is 5.11 Å². The van der Waals surface area contributed by atoms with Crippen LogP contribution in [0.25, 0.3) is 11.3 Å². The average molecular weight is 377 g/mol. The maximum Gasteiger partial charge on any atom is 0.405 e. The number of rotatable bonds is 2. The molecule has 0 spiro atoms. The second-order valence-electron chi connectivity index (χ2n) is 6.04. The first kappa shape index (κ1) is 18.5. The normalized spacial score (nSPS) is 19.6. The Kier molecular flexibility index (Phi) is 5.15. The van der Waals surface area contributed by atoms with Crippen LogP contribution in [0.3, 0.4) is 0 Å². The number of hydrogen-bond donors (Lipinski definition) is 3. The third kappa shape index (κ3) is 3.94. The van der Waals surface area contributed by atoms with Gasteiger partial charge in [0.2, 0.25) is 5.91 Å². The minimum absolute atomic E-state index is 0.0211. The Balaban J connectivity index is 2.17. The van der Waals surface area contributed by atoms with Crippen molar-refractivity contribution in [2.75, 3.05) is 5.32 Å². The fraction of sp³-hybridized carbons (Fsp3) is 0.294. The summed E-state index contributed by atoms with van der Waals surface area (Å²) < 4.78 is 27.3. The molecular formula is C17H17F2N5O3. The molecule has 3 heterocycles. The van der Waals surface area contributed by atoms with Crippen LogP contribution in [0.5, 0.6) is 0 Å². The van der Waals surface area contributed by atoms with E-state index < -0.39 is 24.6 Å². The second kappa shape index (κ2) is 7.52. The van der Waals surface area contributed by atoms with Gasteiger partial charge >= 0.3 is 12.6 Å². The molecule has 10 heteroatoms. The summed E-state index contributed by atoms with van der Waals surface area (Å²) in [5.41, 5.74) is 0.864. The Morgan fingerprint density at radius 2 is 2.26 bits per heavy atom. The fourth-order valence-corrected chi connectivity index (χ4v) is 2.83. The van der Waals surface area contributed by atoms with Gasteiger partial charge in [0, 0.05) is 11.8 Å². The molecule has 1 aliphatic rings. The van der Waals surface area contributed by atoms with Crippen molar-refractivity contribution < 1.29 is 23.5 Å². The third-order valence-corrected chi connectivity index (χ3v) is 4.16. The molecule has 0 fully saturated rings. The molecule has 142 valence electrons. The first-order chi connectivity index (χ1) is 12.9. The van der Waals surface area contributed by atoms with E-state index in [9.17, 15) is 18.4 Å². The van der Waals surface area contributed by atoms with Crippen LogP contribution in [0.2, 0.25) is 0 Å². The molecular weight excluding hydrogens is 360 g/mol. The lowest BCUT2D eigenvalue weighted by atomic mass is 10.0. The lowest BCUT2D eigenvalue weighted by Crippen LogP contribution is -2.27. The van der Waals surface area contributed by atoms with E-state index in [-0.39, 0.29) is 23.7 Å². The number of pyridine rings is 1. The highest BCUT2D eigenvalue weighted by Gasteiger charge is 2.24. The maximum atomic E-state index is 13.4. The number of carbonyl (C=O) groups excluding carboxylic acids is 1. The van der Waals surface area contributed by atoms with Gasteiger partial charge in [-0.05, 0) is 18.6 Å². The number of nitrogens with zero attached hydrogens (tertiary/aromatic N) is 3. The number of amides is 2. The van der Waals surface area contributed by atoms with Gasteiger partial charge in [-0.25, -0.2) is 9.48 Å². The van der Waals surface area contributed by atoms with E-state index in [1.165, 1.54) is 18.3 Å². The minimum Gasteiger partial charge on any atom is -0.465 e. The monoisotopic (exact) mass is 377 g/mol. The molecule has 2 aromatic heterocycles. The van der Waals surface area contributed by atoms with Gasteiger partial charge in [-0.15, -0.1) is 0 Å². The lowest BCUT2D eigenvalue weighted by molar-refractivity contribution is -0.118. The Morgan fingerprint density at radius 1 is 1.48 bits per heavy atom. The van der Waals surface area contributed by atoms with E-state index in [2.05, 4.69) is 20.7 Å². The van der Waals surface area contributed by atoms with Crippen molar-refractivity contribution >= 4 is 17.7 Å². The maximum absolute atomic E-state index is 13.4.